The molecule has 2 fully saturated rings. The number of nitrogens with one attached hydrogen (secondary N) is 2. The number of carbonyl (C=O) groups is 2. The lowest BCUT2D eigenvalue weighted by atomic mass is 10.1. The summed E-state index contributed by atoms with van der Waals surface area (Å²) in [5.41, 5.74) is 2.92. The minimum Gasteiger partial charge on any atom is -0.357 e. The minimum absolute atomic E-state index is 0.185. The van der Waals surface area contributed by atoms with Gasteiger partial charge in [-0.15, -0.1) is 0 Å². The van der Waals surface area contributed by atoms with E-state index in [-0.39, 0.29) is 11.8 Å². The van der Waals surface area contributed by atoms with E-state index in [0.717, 1.165) is 48.9 Å². The van der Waals surface area contributed by atoms with Gasteiger partial charge < -0.3 is 20.4 Å². The van der Waals surface area contributed by atoms with Gasteiger partial charge in [0.05, 0.1) is 0 Å². The fourth-order valence-corrected chi connectivity index (χ4v) is 4.65. The second-order valence-corrected chi connectivity index (χ2v) is 9.38. The number of carbonyl (C=O) groups excluding carboxylic acids is 2. The summed E-state index contributed by atoms with van der Waals surface area (Å²) in [5.74, 6) is 1.61. The average Bonchev–Trinajstić information content (AvgIpc) is 3.66. The van der Waals surface area contributed by atoms with Gasteiger partial charge in [0.15, 0.2) is 0 Å². The summed E-state index contributed by atoms with van der Waals surface area (Å²) in [6.07, 6.45) is 8.48. The van der Waals surface area contributed by atoms with E-state index in [4.69, 9.17) is 0 Å². The predicted octanol–water partition coefficient (Wildman–Crippen LogP) is 3.54. The molecule has 3 aromatic rings. The molecular formula is C28H32N6O2. The van der Waals surface area contributed by atoms with E-state index in [0.29, 0.717) is 24.2 Å². The van der Waals surface area contributed by atoms with Crippen molar-refractivity contribution in [2.75, 3.05) is 36.0 Å². The van der Waals surface area contributed by atoms with Crippen molar-refractivity contribution in [3.05, 3.63) is 83.2 Å². The number of amides is 2. The number of nitrogens with zero attached hydrogens (tertiary/aromatic N) is 4. The SMILES string of the molecule is O=C(NCc1ccc(N2CCCC2)nc1)c1ccc(C(=O)NCc2ccc(N3CCCC3)nc2)cc1. The molecule has 4 heterocycles. The standard InChI is InChI=1S/C28H32N6O2/c35-27(31-19-21-5-11-25(29-17-21)33-13-1-2-14-33)23-7-9-24(10-8-23)28(36)32-20-22-6-12-26(30-18-22)34-15-3-4-16-34/h5-12,17-18H,1-4,13-16,19-20H2,(H,31,35)(H,32,36). The van der Waals surface area contributed by atoms with E-state index in [9.17, 15) is 9.59 Å². The summed E-state index contributed by atoms with van der Waals surface area (Å²) in [6, 6.07) is 14.7. The van der Waals surface area contributed by atoms with Crippen molar-refractivity contribution in [3.63, 3.8) is 0 Å². The van der Waals surface area contributed by atoms with E-state index >= 15 is 0 Å². The minimum atomic E-state index is -0.185. The van der Waals surface area contributed by atoms with Crippen LogP contribution in [0.2, 0.25) is 0 Å². The van der Waals surface area contributed by atoms with Crippen molar-refractivity contribution >= 4 is 23.5 Å². The van der Waals surface area contributed by atoms with Gasteiger partial charge in [0.25, 0.3) is 11.8 Å². The van der Waals surface area contributed by atoms with Crippen molar-refractivity contribution in [2.45, 2.75) is 38.8 Å². The van der Waals surface area contributed by atoms with Gasteiger partial charge in [0, 0.05) is 62.8 Å². The number of pyridine rings is 2. The van der Waals surface area contributed by atoms with Crippen LogP contribution < -0.4 is 20.4 Å². The van der Waals surface area contributed by atoms with Gasteiger partial charge in [-0.3, -0.25) is 9.59 Å². The van der Waals surface area contributed by atoms with Gasteiger partial charge in [0.2, 0.25) is 0 Å². The summed E-state index contributed by atoms with van der Waals surface area (Å²) < 4.78 is 0. The van der Waals surface area contributed by atoms with Gasteiger partial charge in [-0.1, -0.05) is 12.1 Å². The van der Waals surface area contributed by atoms with Crippen LogP contribution in [0.1, 0.15) is 57.5 Å². The molecule has 2 aromatic heterocycles. The van der Waals surface area contributed by atoms with Gasteiger partial charge in [0.1, 0.15) is 11.6 Å². The Bertz CT molecular complexity index is 1070. The van der Waals surface area contributed by atoms with E-state index in [1.54, 1.807) is 24.3 Å². The van der Waals surface area contributed by atoms with Gasteiger partial charge in [-0.2, -0.15) is 0 Å². The van der Waals surface area contributed by atoms with Crippen LogP contribution in [0.15, 0.2) is 60.9 Å². The summed E-state index contributed by atoms with van der Waals surface area (Å²) in [6.45, 7) is 5.03. The highest BCUT2D eigenvalue weighted by Crippen LogP contribution is 2.18. The van der Waals surface area contributed by atoms with Crippen molar-refractivity contribution in [3.8, 4) is 0 Å². The van der Waals surface area contributed by atoms with Gasteiger partial charge in [-0.25, -0.2) is 9.97 Å². The van der Waals surface area contributed by atoms with Gasteiger partial charge in [-0.05, 0) is 73.2 Å². The molecule has 0 unspecified atom stereocenters. The third-order valence-corrected chi connectivity index (χ3v) is 6.79. The summed E-state index contributed by atoms with van der Waals surface area (Å²) in [7, 11) is 0. The molecule has 5 rings (SSSR count). The van der Waals surface area contributed by atoms with Crippen LogP contribution in [0, 0.1) is 0 Å². The first-order chi connectivity index (χ1) is 17.7. The van der Waals surface area contributed by atoms with Crippen LogP contribution in [0.4, 0.5) is 11.6 Å². The van der Waals surface area contributed by atoms with E-state index in [1.165, 1.54) is 25.7 Å². The zero-order valence-electron chi connectivity index (χ0n) is 20.4. The Kier molecular flexibility index (Phi) is 7.40. The number of hydrogen-bond donors (Lipinski definition) is 2. The lowest BCUT2D eigenvalue weighted by Gasteiger charge is -2.16. The van der Waals surface area contributed by atoms with E-state index in [2.05, 4.69) is 30.4 Å². The Balaban J connectivity index is 1.08. The molecule has 2 aliphatic rings. The first kappa shape index (κ1) is 23.8. The van der Waals surface area contributed by atoms with Crippen LogP contribution in [-0.4, -0.2) is 48.0 Å². The van der Waals surface area contributed by atoms with Crippen molar-refractivity contribution in [2.24, 2.45) is 0 Å². The third kappa shape index (κ3) is 5.82. The summed E-state index contributed by atoms with van der Waals surface area (Å²) >= 11 is 0. The molecule has 8 heteroatoms. The van der Waals surface area contributed by atoms with E-state index < -0.39 is 0 Å². The maximum atomic E-state index is 12.6. The molecule has 1 aromatic carbocycles. The first-order valence-electron chi connectivity index (χ1n) is 12.7. The number of rotatable bonds is 8. The Morgan fingerprint density at radius 2 is 1.00 bits per heavy atom. The van der Waals surface area contributed by atoms with Crippen molar-refractivity contribution < 1.29 is 9.59 Å². The Hall–Kier alpha value is -3.94. The maximum absolute atomic E-state index is 12.6. The Morgan fingerprint density at radius 3 is 1.33 bits per heavy atom. The predicted molar refractivity (Wildman–Crippen MR) is 140 cm³/mol. The smallest absolute Gasteiger partial charge is 0.251 e. The molecule has 36 heavy (non-hydrogen) atoms. The second kappa shape index (κ2) is 11.2. The lowest BCUT2D eigenvalue weighted by Crippen LogP contribution is -2.25. The quantitative estimate of drug-likeness (QED) is 0.508. The molecule has 2 aliphatic heterocycles. The third-order valence-electron chi connectivity index (χ3n) is 6.79. The number of anilines is 2. The summed E-state index contributed by atoms with van der Waals surface area (Å²) in [5, 5.41) is 5.84. The lowest BCUT2D eigenvalue weighted by molar-refractivity contribution is 0.0939. The monoisotopic (exact) mass is 484 g/mol. The van der Waals surface area contributed by atoms with Gasteiger partial charge >= 0.3 is 0 Å². The Morgan fingerprint density at radius 1 is 0.611 bits per heavy atom. The number of hydrogen-bond acceptors (Lipinski definition) is 6. The highest BCUT2D eigenvalue weighted by molar-refractivity contribution is 5.97. The maximum Gasteiger partial charge on any atom is 0.251 e. The van der Waals surface area contributed by atoms with Crippen LogP contribution in [-0.2, 0) is 13.1 Å². The van der Waals surface area contributed by atoms with Crippen LogP contribution in [0.25, 0.3) is 0 Å². The molecule has 0 aliphatic carbocycles. The molecule has 0 saturated carbocycles. The molecule has 0 atom stereocenters. The van der Waals surface area contributed by atoms with Crippen LogP contribution in [0.3, 0.4) is 0 Å². The highest BCUT2D eigenvalue weighted by Gasteiger charge is 2.15. The van der Waals surface area contributed by atoms with Crippen LogP contribution >= 0.6 is 0 Å². The number of benzene rings is 1. The molecule has 2 amide bonds. The van der Waals surface area contributed by atoms with Crippen molar-refractivity contribution in [1.82, 2.24) is 20.6 Å². The Labute approximate surface area is 211 Å². The average molecular weight is 485 g/mol. The molecular weight excluding hydrogens is 452 g/mol. The molecule has 8 nitrogen and oxygen atoms in total. The molecule has 0 bridgehead atoms. The number of aromatic nitrogens is 2. The zero-order chi connectivity index (χ0) is 24.7. The zero-order valence-corrected chi connectivity index (χ0v) is 20.4. The fraction of sp³-hybridized carbons (Fsp3) is 0.357. The largest absolute Gasteiger partial charge is 0.357 e. The summed E-state index contributed by atoms with van der Waals surface area (Å²) in [4.78, 5) is 38.7. The first-order valence-corrected chi connectivity index (χ1v) is 12.7. The molecule has 2 saturated heterocycles. The molecule has 0 radical (unpaired) electrons. The molecule has 0 spiro atoms. The normalized spacial score (nSPS) is 15.2. The van der Waals surface area contributed by atoms with Crippen molar-refractivity contribution in [1.29, 1.82) is 0 Å². The second-order valence-electron chi connectivity index (χ2n) is 9.38. The molecule has 186 valence electrons. The van der Waals surface area contributed by atoms with E-state index in [1.807, 2.05) is 36.7 Å². The highest BCUT2D eigenvalue weighted by atomic mass is 16.2. The topological polar surface area (TPSA) is 90.5 Å². The molecule has 2 N–H and O–H groups in total. The van der Waals surface area contributed by atoms with Crippen LogP contribution in [0.5, 0.6) is 0 Å². The fourth-order valence-electron chi connectivity index (χ4n) is 4.65.